The molecule has 1 unspecified atom stereocenters. The van der Waals surface area contributed by atoms with Crippen LogP contribution >= 0.6 is 0 Å². The molecule has 1 aliphatic rings. The third-order valence-electron chi connectivity index (χ3n) is 4.59. The number of sulfonamides is 1. The highest BCUT2D eigenvalue weighted by Gasteiger charge is 2.29. The topological polar surface area (TPSA) is 80.5 Å². The minimum absolute atomic E-state index is 0.104. The van der Waals surface area contributed by atoms with Gasteiger partial charge in [-0.05, 0) is 36.5 Å². The summed E-state index contributed by atoms with van der Waals surface area (Å²) < 4.78 is 27.4. The number of nitro groups is 1. The van der Waals surface area contributed by atoms with E-state index in [1.165, 1.54) is 28.6 Å². The van der Waals surface area contributed by atoms with Crippen LogP contribution in [0.15, 0.2) is 59.5 Å². The van der Waals surface area contributed by atoms with Gasteiger partial charge in [-0.3, -0.25) is 10.1 Å². The molecule has 7 heteroatoms. The standard InChI is InChI=1S/C18H20N2O4S/c21-20(22)17-9-11-18(12-10-17)25(23,24)19-13-5-4-8-16(14-19)15-6-2-1-3-7-15/h1-3,6-7,9-12,16H,4-5,8,13-14H2. The molecule has 0 radical (unpaired) electrons. The lowest BCUT2D eigenvalue weighted by Gasteiger charge is -2.24. The van der Waals surface area contributed by atoms with Gasteiger partial charge in [0.1, 0.15) is 0 Å². The molecule has 132 valence electrons. The van der Waals surface area contributed by atoms with Gasteiger partial charge < -0.3 is 0 Å². The number of nitrogens with zero attached hydrogens (tertiary/aromatic N) is 2. The van der Waals surface area contributed by atoms with Crippen molar-refractivity contribution in [2.24, 2.45) is 0 Å². The van der Waals surface area contributed by atoms with Crippen LogP contribution in [0.5, 0.6) is 0 Å². The van der Waals surface area contributed by atoms with E-state index in [1.54, 1.807) is 0 Å². The lowest BCUT2D eigenvalue weighted by atomic mass is 9.95. The van der Waals surface area contributed by atoms with E-state index < -0.39 is 14.9 Å². The Labute approximate surface area is 147 Å². The zero-order valence-electron chi connectivity index (χ0n) is 13.7. The molecule has 1 fully saturated rings. The van der Waals surface area contributed by atoms with Crippen molar-refractivity contribution in [1.29, 1.82) is 0 Å². The minimum Gasteiger partial charge on any atom is -0.258 e. The minimum atomic E-state index is -3.66. The predicted octanol–water partition coefficient (Wildman–Crippen LogP) is 3.55. The highest BCUT2D eigenvalue weighted by atomic mass is 32.2. The van der Waals surface area contributed by atoms with Gasteiger partial charge in [0, 0.05) is 25.2 Å². The summed E-state index contributed by atoms with van der Waals surface area (Å²) in [6, 6.07) is 15.1. The first-order valence-corrected chi connectivity index (χ1v) is 9.72. The van der Waals surface area contributed by atoms with Gasteiger partial charge in [0.05, 0.1) is 9.82 Å². The van der Waals surface area contributed by atoms with Gasteiger partial charge in [-0.25, -0.2) is 8.42 Å². The number of hydrogen-bond acceptors (Lipinski definition) is 4. The molecule has 3 rings (SSSR count). The first-order chi connectivity index (χ1) is 12.0. The highest BCUT2D eigenvalue weighted by molar-refractivity contribution is 7.89. The third kappa shape index (κ3) is 3.88. The van der Waals surface area contributed by atoms with Crippen LogP contribution in [-0.4, -0.2) is 30.7 Å². The zero-order chi connectivity index (χ0) is 17.9. The van der Waals surface area contributed by atoms with E-state index in [9.17, 15) is 18.5 Å². The van der Waals surface area contributed by atoms with Gasteiger partial charge in [-0.1, -0.05) is 36.8 Å². The van der Waals surface area contributed by atoms with Crippen molar-refractivity contribution in [1.82, 2.24) is 4.31 Å². The highest BCUT2D eigenvalue weighted by Crippen LogP contribution is 2.30. The fourth-order valence-corrected chi connectivity index (χ4v) is 4.74. The lowest BCUT2D eigenvalue weighted by Crippen LogP contribution is -2.34. The van der Waals surface area contributed by atoms with Gasteiger partial charge in [0.2, 0.25) is 10.0 Å². The molecule has 1 aliphatic heterocycles. The molecule has 2 aromatic rings. The van der Waals surface area contributed by atoms with Crippen molar-refractivity contribution in [3.63, 3.8) is 0 Å². The summed E-state index contributed by atoms with van der Waals surface area (Å²) in [4.78, 5) is 10.3. The fourth-order valence-electron chi connectivity index (χ4n) is 3.21. The Morgan fingerprint density at radius 2 is 1.68 bits per heavy atom. The Balaban J connectivity index is 1.86. The molecule has 0 spiro atoms. The van der Waals surface area contributed by atoms with E-state index in [4.69, 9.17) is 0 Å². The van der Waals surface area contributed by atoms with Crippen LogP contribution in [0.2, 0.25) is 0 Å². The van der Waals surface area contributed by atoms with E-state index in [-0.39, 0.29) is 16.5 Å². The second-order valence-electron chi connectivity index (χ2n) is 6.22. The number of nitro benzene ring substituents is 1. The van der Waals surface area contributed by atoms with Crippen molar-refractivity contribution < 1.29 is 13.3 Å². The quantitative estimate of drug-likeness (QED) is 0.617. The summed E-state index contributed by atoms with van der Waals surface area (Å²) in [5.74, 6) is 0.163. The SMILES string of the molecule is O=[N+]([O-])c1ccc(S(=O)(=O)N2CCCCC(c3ccccc3)C2)cc1. The molecular weight excluding hydrogens is 340 g/mol. The maximum Gasteiger partial charge on any atom is 0.269 e. The summed E-state index contributed by atoms with van der Waals surface area (Å²) in [6.45, 7) is 0.909. The normalized spacial score (nSPS) is 19.3. The number of non-ortho nitro benzene ring substituents is 1. The Kier molecular flexibility index (Phi) is 5.15. The fraction of sp³-hybridized carbons (Fsp3) is 0.333. The summed E-state index contributed by atoms with van der Waals surface area (Å²) >= 11 is 0. The van der Waals surface area contributed by atoms with Gasteiger partial charge in [0.25, 0.3) is 5.69 Å². The van der Waals surface area contributed by atoms with E-state index in [0.29, 0.717) is 13.1 Å². The summed E-state index contributed by atoms with van der Waals surface area (Å²) in [7, 11) is -3.66. The molecule has 0 bridgehead atoms. The van der Waals surface area contributed by atoms with Crippen molar-refractivity contribution in [2.75, 3.05) is 13.1 Å². The Morgan fingerprint density at radius 3 is 2.32 bits per heavy atom. The Morgan fingerprint density at radius 1 is 1.00 bits per heavy atom. The van der Waals surface area contributed by atoms with Crippen LogP contribution in [0.4, 0.5) is 5.69 Å². The van der Waals surface area contributed by atoms with Crippen molar-refractivity contribution in [2.45, 2.75) is 30.1 Å². The average Bonchev–Trinajstić information content (AvgIpc) is 2.89. The van der Waals surface area contributed by atoms with Crippen LogP contribution in [0.3, 0.4) is 0 Å². The van der Waals surface area contributed by atoms with Crippen LogP contribution < -0.4 is 0 Å². The first kappa shape index (κ1) is 17.6. The van der Waals surface area contributed by atoms with E-state index in [0.717, 1.165) is 24.8 Å². The molecule has 1 saturated heterocycles. The second-order valence-corrected chi connectivity index (χ2v) is 8.16. The lowest BCUT2D eigenvalue weighted by molar-refractivity contribution is -0.384. The van der Waals surface area contributed by atoms with Gasteiger partial charge in [-0.15, -0.1) is 0 Å². The molecule has 2 aromatic carbocycles. The second kappa shape index (κ2) is 7.33. The van der Waals surface area contributed by atoms with Crippen LogP contribution in [0, 0.1) is 10.1 Å². The number of hydrogen-bond donors (Lipinski definition) is 0. The number of benzene rings is 2. The van der Waals surface area contributed by atoms with Gasteiger partial charge in [0.15, 0.2) is 0 Å². The maximum absolute atomic E-state index is 13.0. The maximum atomic E-state index is 13.0. The number of rotatable bonds is 4. The first-order valence-electron chi connectivity index (χ1n) is 8.28. The molecule has 1 heterocycles. The Bertz CT molecular complexity index is 835. The molecule has 0 aromatic heterocycles. The summed E-state index contributed by atoms with van der Waals surface area (Å²) in [5, 5.41) is 10.8. The molecule has 0 aliphatic carbocycles. The van der Waals surface area contributed by atoms with E-state index in [1.807, 2.05) is 30.3 Å². The van der Waals surface area contributed by atoms with Crippen LogP contribution in [0.25, 0.3) is 0 Å². The average molecular weight is 360 g/mol. The molecule has 0 saturated carbocycles. The monoisotopic (exact) mass is 360 g/mol. The van der Waals surface area contributed by atoms with Gasteiger partial charge in [-0.2, -0.15) is 4.31 Å². The smallest absolute Gasteiger partial charge is 0.258 e. The summed E-state index contributed by atoms with van der Waals surface area (Å²) in [5.41, 5.74) is 1.03. The largest absolute Gasteiger partial charge is 0.269 e. The molecule has 0 amide bonds. The summed E-state index contributed by atoms with van der Waals surface area (Å²) in [6.07, 6.45) is 2.75. The van der Waals surface area contributed by atoms with Crippen molar-refractivity contribution in [3.8, 4) is 0 Å². The van der Waals surface area contributed by atoms with Crippen LogP contribution in [-0.2, 0) is 10.0 Å². The molecule has 1 atom stereocenters. The third-order valence-corrected chi connectivity index (χ3v) is 6.47. The van der Waals surface area contributed by atoms with Gasteiger partial charge >= 0.3 is 0 Å². The molecule has 0 N–H and O–H groups in total. The van der Waals surface area contributed by atoms with Crippen molar-refractivity contribution in [3.05, 3.63) is 70.3 Å². The molecular formula is C18H20N2O4S. The molecule has 6 nitrogen and oxygen atoms in total. The molecule has 25 heavy (non-hydrogen) atoms. The zero-order valence-corrected chi connectivity index (χ0v) is 14.6. The van der Waals surface area contributed by atoms with E-state index >= 15 is 0 Å². The predicted molar refractivity (Wildman–Crippen MR) is 94.9 cm³/mol. The Hall–Kier alpha value is -2.25. The van der Waals surface area contributed by atoms with E-state index in [2.05, 4.69) is 0 Å². The van der Waals surface area contributed by atoms with Crippen LogP contribution in [0.1, 0.15) is 30.7 Å². The van der Waals surface area contributed by atoms with Crippen molar-refractivity contribution >= 4 is 15.7 Å².